The van der Waals surface area contributed by atoms with E-state index in [0.717, 1.165) is 26.1 Å². The van der Waals surface area contributed by atoms with E-state index in [1.807, 2.05) is 6.92 Å². The summed E-state index contributed by atoms with van der Waals surface area (Å²) in [6.07, 6.45) is 1.49. The molecule has 5 heteroatoms. The van der Waals surface area contributed by atoms with Gasteiger partial charge in [0.25, 0.3) is 0 Å². The molecule has 0 aliphatic rings. The highest BCUT2D eigenvalue weighted by atomic mass is 16.1. The molecule has 0 heterocycles. The van der Waals surface area contributed by atoms with E-state index < -0.39 is 0 Å². The van der Waals surface area contributed by atoms with Gasteiger partial charge in [-0.2, -0.15) is 0 Å². The van der Waals surface area contributed by atoms with Crippen molar-refractivity contribution in [2.75, 3.05) is 39.3 Å². The van der Waals surface area contributed by atoms with Crippen molar-refractivity contribution in [3.8, 4) is 0 Å². The number of hydrogen-bond acceptors (Lipinski definition) is 4. The molecule has 5 N–H and O–H groups in total. The van der Waals surface area contributed by atoms with Crippen LogP contribution in [0, 0.1) is 0 Å². The molecule has 90 valence electrons. The monoisotopic (exact) mass is 216 g/mol. The molecular weight excluding hydrogens is 192 g/mol. The second-order valence-corrected chi connectivity index (χ2v) is 3.52. The molecule has 0 spiro atoms. The van der Waals surface area contributed by atoms with E-state index in [-0.39, 0.29) is 5.91 Å². The van der Waals surface area contributed by atoms with E-state index in [1.54, 1.807) is 0 Å². The second kappa shape index (κ2) is 9.89. The van der Waals surface area contributed by atoms with Crippen molar-refractivity contribution in [1.29, 1.82) is 0 Å². The molecule has 0 atom stereocenters. The number of carbonyl (C=O) groups excluding carboxylic acids is 1. The second-order valence-electron chi connectivity index (χ2n) is 3.52. The number of hydrogen-bond donors (Lipinski definition) is 3. The van der Waals surface area contributed by atoms with Crippen molar-refractivity contribution in [1.82, 2.24) is 10.2 Å². The number of nitrogens with one attached hydrogen (secondary N) is 1. The van der Waals surface area contributed by atoms with Gasteiger partial charge in [0, 0.05) is 45.7 Å². The van der Waals surface area contributed by atoms with Crippen LogP contribution >= 0.6 is 0 Å². The standard InChI is InChI=1S/C10H24N4O/c1-2-3-10(15)13-6-9-14(7-4-11)8-5-12/h2-9,11-12H2,1H3,(H,13,15). The van der Waals surface area contributed by atoms with Gasteiger partial charge < -0.3 is 16.8 Å². The smallest absolute Gasteiger partial charge is 0.220 e. The molecule has 0 aromatic carbocycles. The van der Waals surface area contributed by atoms with Gasteiger partial charge >= 0.3 is 0 Å². The van der Waals surface area contributed by atoms with Gasteiger partial charge in [0.2, 0.25) is 5.91 Å². The Bertz CT molecular complexity index is 158. The molecule has 0 unspecified atom stereocenters. The first-order valence-electron chi connectivity index (χ1n) is 5.63. The quantitative estimate of drug-likeness (QED) is 0.467. The fraction of sp³-hybridized carbons (Fsp3) is 0.900. The summed E-state index contributed by atoms with van der Waals surface area (Å²) in [7, 11) is 0. The zero-order valence-electron chi connectivity index (χ0n) is 9.67. The van der Waals surface area contributed by atoms with Crippen molar-refractivity contribution in [2.45, 2.75) is 19.8 Å². The zero-order chi connectivity index (χ0) is 11.5. The van der Waals surface area contributed by atoms with Gasteiger partial charge in [-0.05, 0) is 6.42 Å². The molecule has 0 aromatic rings. The van der Waals surface area contributed by atoms with Crippen LogP contribution in [-0.2, 0) is 4.79 Å². The van der Waals surface area contributed by atoms with Gasteiger partial charge in [0.1, 0.15) is 0 Å². The van der Waals surface area contributed by atoms with Gasteiger partial charge in [0.05, 0.1) is 0 Å². The van der Waals surface area contributed by atoms with Crippen molar-refractivity contribution in [3.63, 3.8) is 0 Å². The van der Waals surface area contributed by atoms with E-state index >= 15 is 0 Å². The number of nitrogens with zero attached hydrogens (tertiary/aromatic N) is 1. The first kappa shape index (κ1) is 14.3. The van der Waals surface area contributed by atoms with Crippen LogP contribution in [0.3, 0.4) is 0 Å². The lowest BCUT2D eigenvalue weighted by molar-refractivity contribution is -0.121. The molecule has 5 nitrogen and oxygen atoms in total. The third-order valence-electron chi connectivity index (χ3n) is 2.12. The number of rotatable bonds is 9. The Morgan fingerprint density at radius 1 is 1.20 bits per heavy atom. The van der Waals surface area contributed by atoms with E-state index in [2.05, 4.69) is 10.2 Å². The molecule has 0 aliphatic heterocycles. The molecule has 15 heavy (non-hydrogen) atoms. The average molecular weight is 216 g/mol. The number of amides is 1. The normalized spacial score (nSPS) is 10.7. The van der Waals surface area contributed by atoms with Crippen LogP contribution in [0.25, 0.3) is 0 Å². The summed E-state index contributed by atoms with van der Waals surface area (Å²) in [4.78, 5) is 13.3. The largest absolute Gasteiger partial charge is 0.355 e. The van der Waals surface area contributed by atoms with E-state index in [4.69, 9.17) is 11.5 Å². The highest BCUT2D eigenvalue weighted by molar-refractivity contribution is 5.75. The van der Waals surface area contributed by atoms with Crippen LogP contribution in [-0.4, -0.2) is 50.1 Å². The Hall–Kier alpha value is -0.650. The third kappa shape index (κ3) is 8.35. The fourth-order valence-corrected chi connectivity index (χ4v) is 1.37. The maximum absolute atomic E-state index is 11.2. The Morgan fingerprint density at radius 2 is 1.80 bits per heavy atom. The van der Waals surface area contributed by atoms with E-state index in [1.165, 1.54) is 0 Å². The average Bonchev–Trinajstić information content (AvgIpc) is 2.19. The molecule has 0 rings (SSSR count). The van der Waals surface area contributed by atoms with Crippen LogP contribution in [0.5, 0.6) is 0 Å². The minimum absolute atomic E-state index is 0.123. The summed E-state index contributed by atoms with van der Waals surface area (Å²) in [5, 5.41) is 2.87. The topological polar surface area (TPSA) is 84.4 Å². The Kier molecular flexibility index (Phi) is 9.46. The third-order valence-corrected chi connectivity index (χ3v) is 2.12. The summed E-state index contributed by atoms with van der Waals surface area (Å²) < 4.78 is 0. The molecular formula is C10H24N4O. The van der Waals surface area contributed by atoms with Gasteiger partial charge in [-0.15, -0.1) is 0 Å². The van der Waals surface area contributed by atoms with Gasteiger partial charge in [0.15, 0.2) is 0 Å². The maximum Gasteiger partial charge on any atom is 0.220 e. The first-order valence-corrected chi connectivity index (χ1v) is 5.63. The van der Waals surface area contributed by atoms with E-state index in [9.17, 15) is 4.79 Å². The van der Waals surface area contributed by atoms with Crippen molar-refractivity contribution < 1.29 is 4.79 Å². The van der Waals surface area contributed by atoms with E-state index in [0.29, 0.717) is 26.1 Å². The number of nitrogens with two attached hydrogens (primary N) is 2. The molecule has 0 fully saturated rings. The molecule has 0 saturated carbocycles. The Balaban J connectivity index is 3.55. The molecule has 0 radical (unpaired) electrons. The Labute approximate surface area is 92.2 Å². The van der Waals surface area contributed by atoms with Crippen molar-refractivity contribution in [2.24, 2.45) is 11.5 Å². The predicted octanol–water partition coefficient (Wildman–Crippen LogP) is -0.878. The van der Waals surface area contributed by atoms with Gasteiger partial charge in [-0.25, -0.2) is 0 Å². The lowest BCUT2D eigenvalue weighted by Gasteiger charge is -2.20. The SMILES string of the molecule is CCCC(=O)NCCN(CCN)CCN. The van der Waals surface area contributed by atoms with Crippen LogP contribution in [0.2, 0.25) is 0 Å². The van der Waals surface area contributed by atoms with Crippen LogP contribution < -0.4 is 16.8 Å². The molecule has 1 amide bonds. The van der Waals surface area contributed by atoms with Crippen LogP contribution in [0.1, 0.15) is 19.8 Å². The highest BCUT2D eigenvalue weighted by Gasteiger charge is 2.03. The summed E-state index contributed by atoms with van der Waals surface area (Å²) >= 11 is 0. The lowest BCUT2D eigenvalue weighted by atomic mass is 10.3. The minimum Gasteiger partial charge on any atom is -0.355 e. The van der Waals surface area contributed by atoms with Crippen molar-refractivity contribution in [3.05, 3.63) is 0 Å². The van der Waals surface area contributed by atoms with Gasteiger partial charge in [-0.1, -0.05) is 6.92 Å². The molecule has 0 aliphatic carbocycles. The summed E-state index contributed by atoms with van der Waals surface area (Å²) in [5.74, 6) is 0.123. The van der Waals surface area contributed by atoms with Crippen molar-refractivity contribution >= 4 is 5.91 Å². The zero-order valence-corrected chi connectivity index (χ0v) is 9.67. The summed E-state index contributed by atoms with van der Waals surface area (Å²) in [5.41, 5.74) is 10.9. The lowest BCUT2D eigenvalue weighted by Crippen LogP contribution is -2.39. The highest BCUT2D eigenvalue weighted by Crippen LogP contribution is 1.87. The first-order chi connectivity index (χ1) is 7.24. The fourth-order valence-electron chi connectivity index (χ4n) is 1.37. The summed E-state index contributed by atoms with van der Waals surface area (Å²) in [6.45, 7) is 6.42. The van der Waals surface area contributed by atoms with Crippen LogP contribution in [0.4, 0.5) is 0 Å². The predicted molar refractivity (Wildman–Crippen MR) is 62.5 cm³/mol. The molecule has 0 bridgehead atoms. The maximum atomic E-state index is 11.2. The Morgan fingerprint density at radius 3 is 2.27 bits per heavy atom. The molecule has 0 aromatic heterocycles. The van der Waals surface area contributed by atoms with Gasteiger partial charge in [-0.3, -0.25) is 9.69 Å². The number of carbonyl (C=O) groups is 1. The molecule has 0 saturated heterocycles. The minimum atomic E-state index is 0.123. The van der Waals surface area contributed by atoms with Crippen LogP contribution in [0.15, 0.2) is 0 Å². The summed E-state index contributed by atoms with van der Waals surface area (Å²) in [6, 6.07) is 0.